The fourth-order valence-electron chi connectivity index (χ4n) is 4.27. The van der Waals surface area contributed by atoms with E-state index in [1.165, 1.54) is 29.8 Å². The summed E-state index contributed by atoms with van der Waals surface area (Å²) in [4.78, 5) is 3.89. The Kier molecular flexibility index (Phi) is 6.87. The molecule has 1 aliphatic heterocycles. The van der Waals surface area contributed by atoms with E-state index < -0.39 is 54.9 Å². The normalized spacial score (nSPS) is 24.2. The number of halogens is 4. The van der Waals surface area contributed by atoms with Crippen LogP contribution in [0, 0.1) is 6.92 Å². The first kappa shape index (κ1) is 26.5. The molecule has 202 valence electrons. The molecule has 4 N–H and O–H groups in total. The second-order valence-electron chi connectivity index (χ2n) is 8.49. The van der Waals surface area contributed by atoms with Gasteiger partial charge in [0, 0.05) is 10.4 Å². The minimum atomic E-state index is -4.94. The predicted molar refractivity (Wildman–Crippen MR) is 125 cm³/mol. The molecule has 0 amide bonds. The number of aliphatic hydroxyl groups is 3. The van der Waals surface area contributed by atoms with E-state index in [1.807, 2.05) is 0 Å². The third kappa shape index (κ3) is 4.63. The molecule has 4 heterocycles. The van der Waals surface area contributed by atoms with Crippen molar-refractivity contribution < 1.29 is 38.3 Å². The van der Waals surface area contributed by atoms with Crippen molar-refractivity contribution in [2.24, 2.45) is 0 Å². The summed E-state index contributed by atoms with van der Waals surface area (Å²) in [6.45, 7) is 0.822. The zero-order chi connectivity index (χ0) is 27.4. The summed E-state index contributed by atoms with van der Waals surface area (Å²) in [6, 6.07) is 2.97. The van der Waals surface area contributed by atoms with Gasteiger partial charge in [0.05, 0.1) is 18.5 Å². The number of rotatable bonds is 5. The Balaban J connectivity index is 1.61. The first-order valence-electron chi connectivity index (χ1n) is 11.0. The van der Waals surface area contributed by atoms with Crippen LogP contribution in [0.1, 0.15) is 29.4 Å². The minimum absolute atomic E-state index is 0.00442. The zero-order valence-electron chi connectivity index (χ0n) is 19.2. The maximum absolute atomic E-state index is 14.0. The van der Waals surface area contributed by atoms with Crippen LogP contribution in [0.15, 0.2) is 29.8 Å². The number of hydrogen-bond donors (Lipinski definition) is 4. The molecule has 3 aromatic heterocycles. The number of nitrogens with zero attached hydrogens (tertiary/aromatic N) is 7. The third-order valence-corrected chi connectivity index (χ3v) is 6.95. The monoisotopic (exact) mass is 573 g/mol. The van der Waals surface area contributed by atoms with E-state index in [4.69, 9.17) is 16.3 Å². The molecule has 12 nitrogen and oxygen atoms in total. The van der Waals surface area contributed by atoms with Gasteiger partial charge in [0.2, 0.25) is 5.82 Å². The number of aromatic nitrogens is 7. The summed E-state index contributed by atoms with van der Waals surface area (Å²) in [5, 5.41) is 57.9. The Labute approximate surface area is 220 Å². The second-order valence-corrected chi connectivity index (χ2v) is 9.77. The van der Waals surface area contributed by atoms with Crippen LogP contribution in [0.5, 0.6) is 5.19 Å². The van der Waals surface area contributed by atoms with E-state index in [0.717, 1.165) is 16.0 Å². The lowest BCUT2D eigenvalue weighted by Crippen LogP contribution is -2.53. The van der Waals surface area contributed by atoms with Crippen molar-refractivity contribution in [2.45, 2.75) is 43.6 Å². The van der Waals surface area contributed by atoms with Gasteiger partial charge in [0.1, 0.15) is 41.8 Å². The van der Waals surface area contributed by atoms with Crippen LogP contribution in [-0.2, 0) is 10.9 Å². The predicted octanol–water partition coefficient (Wildman–Crippen LogP) is 2.06. The standard InChI is InChI=1S/C21H19ClF3N7O5S/c1-8-2-3-9(22)4-12(8)32-18(28-29-19(32)21(23,24)25)17-16(35)14(15(34)13(6-33)37-17)31-5-10(27-30-31)11-7-38-20(36)26-11/h2-5,7,13-17,33-35H,6H2,1H3,(H,26,36)/t13-,14+,15+,16-,17-/m1/s1. The molecule has 1 fully saturated rings. The Hall–Kier alpha value is -3.15. The second kappa shape index (κ2) is 9.87. The van der Waals surface area contributed by atoms with Gasteiger partial charge in [-0.05, 0) is 24.6 Å². The number of thiazole rings is 1. The summed E-state index contributed by atoms with van der Waals surface area (Å²) in [7, 11) is 0. The van der Waals surface area contributed by atoms with E-state index >= 15 is 0 Å². The van der Waals surface area contributed by atoms with E-state index in [2.05, 4.69) is 25.5 Å². The fraction of sp³-hybridized carbons (Fsp3) is 0.381. The van der Waals surface area contributed by atoms with Crippen LogP contribution in [0.4, 0.5) is 13.2 Å². The van der Waals surface area contributed by atoms with E-state index in [1.54, 1.807) is 6.92 Å². The molecular formula is C21H19ClF3N7O5S. The van der Waals surface area contributed by atoms with Gasteiger partial charge in [0.25, 0.3) is 5.19 Å². The lowest BCUT2D eigenvalue weighted by atomic mass is 9.92. The molecule has 1 aromatic carbocycles. The highest BCUT2D eigenvalue weighted by molar-refractivity contribution is 7.11. The first-order valence-corrected chi connectivity index (χ1v) is 12.2. The molecule has 38 heavy (non-hydrogen) atoms. The van der Waals surface area contributed by atoms with E-state index in [0.29, 0.717) is 10.1 Å². The Morgan fingerprint density at radius 3 is 2.55 bits per heavy atom. The average molecular weight is 574 g/mol. The van der Waals surface area contributed by atoms with Crippen molar-refractivity contribution in [1.82, 2.24) is 34.7 Å². The molecule has 1 aliphatic rings. The molecule has 5 rings (SSSR count). The molecule has 4 aromatic rings. The molecule has 5 atom stereocenters. The summed E-state index contributed by atoms with van der Waals surface area (Å²) in [5.74, 6) is -1.82. The SMILES string of the molecule is Cc1ccc(Cl)cc1-n1c([C@@H]2O[C@H](CO)[C@H](O)[C@H](n3cc(-c4csc(O)n4)nn3)[C@H]2O)nnc1C(F)(F)F. The van der Waals surface area contributed by atoms with Crippen molar-refractivity contribution in [3.63, 3.8) is 0 Å². The highest BCUT2D eigenvalue weighted by atomic mass is 35.5. The van der Waals surface area contributed by atoms with Crippen LogP contribution < -0.4 is 0 Å². The number of aliphatic hydroxyl groups excluding tert-OH is 3. The van der Waals surface area contributed by atoms with Crippen LogP contribution in [0.3, 0.4) is 0 Å². The van der Waals surface area contributed by atoms with Crippen molar-refractivity contribution in [3.05, 3.63) is 52.0 Å². The first-order chi connectivity index (χ1) is 18.0. The number of aromatic hydroxyl groups is 1. The molecule has 0 bridgehead atoms. The van der Waals surface area contributed by atoms with Gasteiger partial charge >= 0.3 is 6.18 Å². The maximum atomic E-state index is 14.0. The number of ether oxygens (including phenoxy) is 1. The maximum Gasteiger partial charge on any atom is 0.452 e. The van der Waals surface area contributed by atoms with Crippen LogP contribution in [0.2, 0.25) is 5.02 Å². The Bertz CT molecular complexity index is 1460. The highest BCUT2D eigenvalue weighted by Crippen LogP contribution is 2.41. The number of hydrogen-bond acceptors (Lipinski definition) is 11. The number of aryl methyl sites for hydroxylation is 1. The molecule has 0 aliphatic carbocycles. The van der Waals surface area contributed by atoms with Crippen molar-refractivity contribution in [3.8, 4) is 22.3 Å². The minimum Gasteiger partial charge on any atom is -0.486 e. The third-order valence-electron chi connectivity index (χ3n) is 6.07. The van der Waals surface area contributed by atoms with Gasteiger partial charge in [-0.25, -0.2) is 9.67 Å². The summed E-state index contributed by atoms with van der Waals surface area (Å²) >= 11 is 7.02. The summed E-state index contributed by atoms with van der Waals surface area (Å²) in [6.07, 6.45) is -9.82. The highest BCUT2D eigenvalue weighted by Gasteiger charge is 2.50. The fourth-order valence-corrected chi connectivity index (χ4v) is 4.98. The van der Waals surface area contributed by atoms with Gasteiger partial charge < -0.3 is 25.2 Å². The lowest BCUT2D eigenvalue weighted by Gasteiger charge is -2.41. The van der Waals surface area contributed by atoms with Crippen LogP contribution in [-0.4, -0.2) is 80.1 Å². The van der Waals surface area contributed by atoms with E-state index in [-0.39, 0.29) is 27.3 Å². The van der Waals surface area contributed by atoms with Gasteiger partial charge in [-0.15, -0.1) is 15.3 Å². The Morgan fingerprint density at radius 2 is 1.89 bits per heavy atom. The largest absolute Gasteiger partial charge is 0.486 e. The molecule has 1 saturated heterocycles. The topological polar surface area (TPSA) is 164 Å². The lowest BCUT2D eigenvalue weighted by molar-refractivity contribution is -0.211. The Morgan fingerprint density at radius 1 is 1.13 bits per heavy atom. The van der Waals surface area contributed by atoms with E-state index in [9.17, 15) is 33.6 Å². The molecule has 0 radical (unpaired) electrons. The van der Waals surface area contributed by atoms with Gasteiger partial charge in [-0.1, -0.05) is 34.2 Å². The molecule has 0 spiro atoms. The molecule has 0 unspecified atom stereocenters. The van der Waals surface area contributed by atoms with Gasteiger partial charge in [-0.3, -0.25) is 4.57 Å². The van der Waals surface area contributed by atoms with Gasteiger partial charge in [-0.2, -0.15) is 13.2 Å². The number of alkyl halides is 3. The molecular weight excluding hydrogens is 555 g/mol. The smallest absolute Gasteiger partial charge is 0.452 e. The molecule has 17 heteroatoms. The van der Waals surface area contributed by atoms with Crippen LogP contribution >= 0.6 is 22.9 Å². The quantitative estimate of drug-likeness (QED) is 0.278. The zero-order valence-corrected chi connectivity index (χ0v) is 20.8. The van der Waals surface area contributed by atoms with Crippen molar-refractivity contribution in [2.75, 3.05) is 6.61 Å². The van der Waals surface area contributed by atoms with Crippen LogP contribution in [0.25, 0.3) is 17.1 Å². The van der Waals surface area contributed by atoms with Crippen molar-refractivity contribution >= 4 is 22.9 Å². The van der Waals surface area contributed by atoms with Gasteiger partial charge in [0.15, 0.2) is 5.82 Å². The number of benzene rings is 1. The average Bonchev–Trinajstić information content (AvgIpc) is 3.60. The summed E-state index contributed by atoms with van der Waals surface area (Å²) in [5.41, 5.74) is 0.863. The van der Waals surface area contributed by atoms with Crippen molar-refractivity contribution in [1.29, 1.82) is 0 Å². The molecule has 0 saturated carbocycles. The summed E-state index contributed by atoms with van der Waals surface area (Å²) < 4.78 is 49.4.